The van der Waals surface area contributed by atoms with Crippen LogP contribution in [0.25, 0.3) is 0 Å². The van der Waals surface area contributed by atoms with Gasteiger partial charge in [0.1, 0.15) is 18.1 Å². The summed E-state index contributed by atoms with van der Waals surface area (Å²) in [6.07, 6.45) is -0.0563. The maximum absolute atomic E-state index is 12.7. The Bertz CT molecular complexity index is 733. The van der Waals surface area contributed by atoms with Crippen molar-refractivity contribution >= 4 is 35.6 Å². The number of aliphatic carboxylic acids is 2. The van der Waals surface area contributed by atoms with Gasteiger partial charge in [-0.05, 0) is 38.6 Å². The number of hydrogen-bond acceptors (Lipinski definition) is 9. The molecule has 4 atom stereocenters. The Hall–Kier alpha value is -3.30. The van der Waals surface area contributed by atoms with Crippen LogP contribution in [-0.2, 0) is 28.8 Å². The van der Waals surface area contributed by atoms with Crippen molar-refractivity contribution in [2.75, 3.05) is 13.2 Å². The summed E-state index contributed by atoms with van der Waals surface area (Å²) in [4.78, 5) is 70.2. The molecule has 12 N–H and O–H groups in total. The van der Waals surface area contributed by atoms with Crippen molar-refractivity contribution in [3.05, 3.63) is 0 Å². The average molecular weight is 491 g/mol. The molecule has 0 aliphatic heterocycles. The first-order valence-electron chi connectivity index (χ1n) is 10.6. The molecule has 194 valence electrons. The highest BCUT2D eigenvalue weighted by molar-refractivity contribution is 5.94. The fourth-order valence-corrected chi connectivity index (χ4v) is 2.73. The molecule has 0 aromatic rings. The van der Waals surface area contributed by atoms with Crippen LogP contribution < -0.4 is 33.2 Å². The SMILES string of the molecule is NCCCCC(NC(=O)C(N)CCC(N)=O)C(=O)NC(CO)C(=O)NC(CCC(=O)O)C(=O)O. The highest BCUT2D eigenvalue weighted by atomic mass is 16.4. The molecular formula is C19H34N6O9. The minimum absolute atomic E-state index is 0.0487. The Balaban J connectivity index is 5.24. The van der Waals surface area contributed by atoms with Gasteiger partial charge in [-0.25, -0.2) is 4.79 Å². The van der Waals surface area contributed by atoms with Crippen molar-refractivity contribution in [1.82, 2.24) is 16.0 Å². The first kappa shape index (κ1) is 30.7. The molecule has 0 saturated heterocycles. The molecular weight excluding hydrogens is 456 g/mol. The number of aliphatic hydroxyl groups excluding tert-OH is 1. The highest BCUT2D eigenvalue weighted by Crippen LogP contribution is 2.04. The smallest absolute Gasteiger partial charge is 0.326 e. The van der Waals surface area contributed by atoms with Gasteiger partial charge in [0.25, 0.3) is 0 Å². The third-order valence-corrected chi connectivity index (χ3v) is 4.70. The molecule has 4 unspecified atom stereocenters. The zero-order valence-corrected chi connectivity index (χ0v) is 18.7. The third kappa shape index (κ3) is 12.7. The minimum atomic E-state index is -1.57. The lowest BCUT2D eigenvalue weighted by Crippen LogP contribution is -2.58. The van der Waals surface area contributed by atoms with Crippen molar-refractivity contribution in [3.8, 4) is 0 Å². The number of rotatable bonds is 18. The first-order valence-corrected chi connectivity index (χ1v) is 10.6. The van der Waals surface area contributed by atoms with E-state index in [2.05, 4.69) is 16.0 Å². The number of nitrogens with one attached hydrogen (secondary N) is 3. The number of carbonyl (C=O) groups is 6. The molecule has 0 fully saturated rings. The monoisotopic (exact) mass is 490 g/mol. The summed E-state index contributed by atoms with van der Waals surface area (Å²) in [6.45, 7) is -0.570. The van der Waals surface area contributed by atoms with Crippen molar-refractivity contribution in [2.45, 2.75) is 69.1 Å². The van der Waals surface area contributed by atoms with Gasteiger partial charge >= 0.3 is 11.9 Å². The summed E-state index contributed by atoms with van der Waals surface area (Å²) in [5, 5.41) is 34.1. The van der Waals surface area contributed by atoms with Crippen LogP contribution >= 0.6 is 0 Å². The number of primary amides is 1. The maximum Gasteiger partial charge on any atom is 0.326 e. The second-order valence-corrected chi connectivity index (χ2v) is 7.53. The molecule has 0 heterocycles. The lowest BCUT2D eigenvalue weighted by molar-refractivity contribution is -0.143. The number of aliphatic hydroxyl groups is 1. The van der Waals surface area contributed by atoms with Gasteiger partial charge in [0.15, 0.2) is 0 Å². The molecule has 34 heavy (non-hydrogen) atoms. The summed E-state index contributed by atoms with van der Waals surface area (Å²) in [7, 11) is 0. The fraction of sp³-hybridized carbons (Fsp3) is 0.684. The van der Waals surface area contributed by atoms with E-state index in [-0.39, 0.29) is 19.3 Å². The Morgan fingerprint density at radius 2 is 1.29 bits per heavy atom. The first-order chi connectivity index (χ1) is 15.9. The molecule has 0 aliphatic carbocycles. The quantitative estimate of drug-likeness (QED) is 0.0837. The Morgan fingerprint density at radius 1 is 0.735 bits per heavy atom. The lowest BCUT2D eigenvalue weighted by Gasteiger charge is -2.24. The predicted molar refractivity (Wildman–Crippen MR) is 117 cm³/mol. The van der Waals surface area contributed by atoms with Crippen LogP contribution in [-0.4, -0.2) is 88.2 Å². The molecule has 0 rings (SSSR count). The molecule has 0 spiro atoms. The zero-order chi connectivity index (χ0) is 26.3. The second kappa shape index (κ2) is 16.3. The lowest BCUT2D eigenvalue weighted by atomic mass is 10.1. The van der Waals surface area contributed by atoms with Crippen LogP contribution in [0, 0.1) is 0 Å². The number of carboxylic acids is 2. The van der Waals surface area contributed by atoms with Gasteiger partial charge in [-0.1, -0.05) is 0 Å². The van der Waals surface area contributed by atoms with Crippen molar-refractivity contribution in [2.24, 2.45) is 17.2 Å². The molecule has 0 saturated carbocycles. The van der Waals surface area contributed by atoms with Crippen molar-refractivity contribution in [1.29, 1.82) is 0 Å². The zero-order valence-electron chi connectivity index (χ0n) is 18.7. The summed E-state index contributed by atoms with van der Waals surface area (Å²) >= 11 is 0. The molecule has 0 aromatic carbocycles. The van der Waals surface area contributed by atoms with Gasteiger partial charge in [-0.3, -0.25) is 24.0 Å². The van der Waals surface area contributed by atoms with E-state index in [0.717, 1.165) is 0 Å². The average Bonchev–Trinajstić information content (AvgIpc) is 2.76. The van der Waals surface area contributed by atoms with Gasteiger partial charge in [0, 0.05) is 12.8 Å². The van der Waals surface area contributed by atoms with Gasteiger partial charge in [-0.2, -0.15) is 0 Å². The summed E-state index contributed by atoms with van der Waals surface area (Å²) < 4.78 is 0. The van der Waals surface area contributed by atoms with E-state index in [1.807, 2.05) is 0 Å². The van der Waals surface area contributed by atoms with Crippen LogP contribution in [0.3, 0.4) is 0 Å². The van der Waals surface area contributed by atoms with Crippen molar-refractivity contribution in [3.63, 3.8) is 0 Å². The normalized spacial score (nSPS) is 14.2. The van der Waals surface area contributed by atoms with Gasteiger partial charge in [-0.15, -0.1) is 0 Å². The third-order valence-electron chi connectivity index (χ3n) is 4.70. The molecule has 0 aliphatic rings. The van der Waals surface area contributed by atoms with Crippen LogP contribution in [0.1, 0.15) is 44.9 Å². The predicted octanol–water partition coefficient (Wildman–Crippen LogP) is -3.90. The molecule has 0 radical (unpaired) electrons. The number of amides is 4. The van der Waals surface area contributed by atoms with E-state index in [9.17, 15) is 33.9 Å². The largest absolute Gasteiger partial charge is 0.481 e. The molecule has 15 nitrogen and oxygen atoms in total. The standard InChI is InChI=1S/C19H34N6O9/c20-8-2-1-3-11(23-16(30)10(21)4-6-14(22)27)17(31)25-13(9-26)18(32)24-12(19(33)34)5-7-15(28)29/h10-13,26H,1-9,20-21H2,(H2,22,27)(H,23,30)(H,24,32)(H,25,31)(H,28,29)(H,33,34). The number of nitrogens with two attached hydrogens (primary N) is 3. The highest BCUT2D eigenvalue weighted by Gasteiger charge is 2.30. The summed E-state index contributed by atoms with van der Waals surface area (Å²) in [5.41, 5.74) is 16.2. The van der Waals surface area contributed by atoms with E-state index in [4.69, 9.17) is 27.4 Å². The van der Waals surface area contributed by atoms with Crippen LogP contribution in [0.4, 0.5) is 0 Å². The number of hydrogen-bond donors (Lipinski definition) is 9. The van der Waals surface area contributed by atoms with E-state index < -0.39 is 79.2 Å². The van der Waals surface area contributed by atoms with Crippen LogP contribution in [0.5, 0.6) is 0 Å². The molecule has 4 amide bonds. The maximum atomic E-state index is 12.7. The summed E-state index contributed by atoms with van der Waals surface area (Å²) in [6, 6.07) is -5.42. The molecule has 15 heteroatoms. The number of carboxylic acid groups (broad SMARTS) is 2. The van der Waals surface area contributed by atoms with Gasteiger partial charge in [0.05, 0.1) is 12.6 Å². The topological polar surface area (TPSA) is 277 Å². The van der Waals surface area contributed by atoms with E-state index in [1.54, 1.807) is 0 Å². The van der Waals surface area contributed by atoms with E-state index in [1.165, 1.54) is 0 Å². The van der Waals surface area contributed by atoms with E-state index in [0.29, 0.717) is 19.4 Å². The fourth-order valence-electron chi connectivity index (χ4n) is 2.73. The van der Waals surface area contributed by atoms with Crippen molar-refractivity contribution < 1.29 is 44.1 Å². The Kier molecular flexibility index (Phi) is 14.7. The van der Waals surface area contributed by atoms with Gasteiger partial charge < -0.3 is 48.5 Å². The van der Waals surface area contributed by atoms with E-state index >= 15 is 0 Å². The Morgan fingerprint density at radius 3 is 1.79 bits per heavy atom. The Labute approximate surface area is 195 Å². The second-order valence-electron chi connectivity index (χ2n) is 7.53. The minimum Gasteiger partial charge on any atom is -0.481 e. The van der Waals surface area contributed by atoms with Crippen LogP contribution in [0.15, 0.2) is 0 Å². The molecule has 0 bridgehead atoms. The van der Waals surface area contributed by atoms with Gasteiger partial charge in [0.2, 0.25) is 23.6 Å². The number of carbonyl (C=O) groups excluding carboxylic acids is 4. The summed E-state index contributed by atoms with van der Waals surface area (Å²) in [5.74, 6) is -6.05. The van der Waals surface area contributed by atoms with Crippen LogP contribution in [0.2, 0.25) is 0 Å². The number of unbranched alkanes of at least 4 members (excludes halogenated alkanes) is 1. The molecule has 0 aromatic heterocycles.